The Morgan fingerprint density at radius 2 is 1.90 bits per heavy atom. The number of esters is 1. The molecule has 6 heteroatoms. The minimum atomic E-state index is -0.587. The fourth-order valence-corrected chi connectivity index (χ4v) is 4.12. The summed E-state index contributed by atoms with van der Waals surface area (Å²) in [7, 11) is 3.64. The van der Waals surface area contributed by atoms with Gasteiger partial charge in [0, 0.05) is 31.1 Å². The molecule has 0 saturated carbocycles. The highest BCUT2D eigenvalue weighted by Gasteiger charge is 2.30. The Labute approximate surface area is 174 Å². The second-order valence-electron chi connectivity index (χ2n) is 7.64. The Morgan fingerprint density at radius 1 is 1.10 bits per heavy atom. The van der Waals surface area contributed by atoms with Crippen molar-refractivity contribution >= 4 is 20.1 Å². The number of allylic oxidation sites excluding steroid dienone is 3. The number of hydrogen-bond acceptors (Lipinski definition) is 5. The van der Waals surface area contributed by atoms with Crippen molar-refractivity contribution < 1.29 is 24.5 Å². The number of hydrogen-bond donors (Lipinski definition) is 2. The van der Waals surface area contributed by atoms with Crippen LogP contribution in [0.25, 0.3) is 0 Å². The Hall–Kier alpha value is -2.10. The fourth-order valence-electron chi connectivity index (χ4n) is 3.83. The van der Waals surface area contributed by atoms with Crippen molar-refractivity contribution in [3.63, 3.8) is 0 Å². The van der Waals surface area contributed by atoms with Crippen LogP contribution in [0.3, 0.4) is 0 Å². The Balaban J connectivity index is 2.09. The molecule has 0 amide bonds. The smallest absolute Gasteiger partial charge is 0.342 e. The van der Waals surface area contributed by atoms with E-state index in [0.717, 1.165) is 37.4 Å². The van der Waals surface area contributed by atoms with Gasteiger partial charge in [0.2, 0.25) is 0 Å². The molecule has 2 atom stereocenters. The third-order valence-electron chi connectivity index (χ3n) is 5.27. The van der Waals surface area contributed by atoms with E-state index in [0.29, 0.717) is 30.6 Å². The highest BCUT2D eigenvalue weighted by atomic mass is 31.0. The van der Waals surface area contributed by atoms with Crippen LogP contribution >= 0.6 is 8.86 Å². The lowest BCUT2D eigenvalue weighted by atomic mass is 9.89. The summed E-state index contributed by atoms with van der Waals surface area (Å²) in [6.45, 7) is 2.44. The van der Waals surface area contributed by atoms with Gasteiger partial charge in [0.1, 0.15) is 23.2 Å². The summed E-state index contributed by atoms with van der Waals surface area (Å²) < 4.78 is 11.5. The molecule has 0 radical (unpaired) electrons. The number of aromatic hydroxyl groups is 2. The first-order valence-corrected chi connectivity index (χ1v) is 10.8. The molecule has 2 unspecified atom stereocenters. The molecule has 0 bridgehead atoms. The molecule has 2 aliphatic rings. The Morgan fingerprint density at radius 3 is 2.66 bits per heavy atom. The second kappa shape index (κ2) is 10.1. The molecule has 0 aliphatic carbocycles. The first kappa shape index (κ1) is 21.6. The van der Waals surface area contributed by atoms with Gasteiger partial charge in [-0.3, -0.25) is 0 Å². The minimum Gasteiger partial charge on any atom is -0.507 e. The molecule has 156 valence electrons. The van der Waals surface area contributed by atoms with Crippen LogP contribution < -0.4 is 0 Å². The van der Waals surface area contributed by atoms with Gasteiger partial charge in [-0.05, 0) is 49.9 Å². The van der Waals surface area contributed by atoms with Crippen LogP contribution in [0, 0.1) is 0 Å². The van der Waals surface area contributed by atoms with Crippen LogP contribution in [-0.2, 0) is 15.9 Å². The van der Waals surface area contributed by atoms with Gasteiger partial charge >= 0.3 is 5.97 Å². The molecule has 2 aliphatic heterocycles. The molecule has 2 heterocycles. The summed E-state index contributed by atoms with van der Waals surface area (Å²) in [5.74, 6) is -0.919. The van der Waals surface area contributed by atoms with Crippen molar-refractivity contribution in [1.82, 2.24) is 0 Å². The number of fused-ring (bicyclic) bond motifs is 1. The maximum Gasteiger partial charge on any atom is 0.342 e. The second-order valence-corrected chi connectivity index (χ2v) is 8.28. The van der Waals surface area contributed by atoms with Gasteiger partial charge in [-0.1, -0.05) is 24.3 Å². The highest BCUT2D eigenvalue weighted by molar-refractivity contribution is 7.21. The number of carbonyl (C=O) groups is 1. The van der Waals surface area contributed by atoms with Crippen molar-refractivity contribution in [2.45, 2.75) is 64.1 Å². The van der Waals surface area contributed by atoms with Crippen LogP contribution in [0.4, 0.5) is 0 Å². The van der Waals surface area contributed by atoms with E-state index in [1.807, 2.05) is 19.1 Å². The summed E-state index contributed by atoms with van der Waals surface area (Å²) >= 11 is 0. The van der Waals surface area contributed by atoms with Crippen LogP contribution in [-0.4, -0.2) is 34.2 Å². The zero-order valence-electron chi connectivity index (χ0n) is 16.8. The maximum atomic E-state index is 13.0. The van der Waals surface area contributed by atoms with Crippen molar-refractivity contribution in [3.8, 4) is 11.5 Å². The number of cyclic esters (lactones) is 1. The van der Waals surface area contributed by atoms with E-state index in [2.05, 4.69) is 21.0 Å². The van der Waals surface area contributed by atoms with Gasteiger partial charge in [-0.25, -0.2) is 4.79 Å². The number of phenolic OH excluding ortho intramolecular Hbond substituents is 2. The molecule has 0 aromatic heterocycles. The molecular formula is C23H29O5P. The summed E-state index contributed by atoms with van der Waals surface area (Å²) in [6, 6.07) is 1.23. The van der Waals surface area contributed by atoms with Crippen LogP contribution in [0.15, 0.2) is 30.4 Å². The lowest BCUT2D eigenvalue weighted by Crippen LogP contribution is -2.20. The number of phenols is 2. The van der Waals surface area contributed by atoms with E-state index in [-0.39, 0.29) is 29.3 Å². The van der Waals surface area contributed by atoms with Crippen LogP contribution in [0.1, 0.15) is 73.0 Å². The van der Waals surface area contributed by atoms with E-state index >= 15 is 0 Å². The number of ether oxygens (including phenoxy) is 2. The van der Waals surface area contributed by atoms with Crippen LogP contribution in [0.2, 0.25) is 0 Å². The van der Waals surface area contributed by atoms with Gasteiger partial charge in [0.05, 0.1) is 6.10 Å². The maximum absolute atomic E-state index is 13.0. The zero-order valence-corrected chi connectivity index (χ0v) is 17.8. The molecule has 1 aromatic carbocycles. The topological polar surface area (TPSA) is 76.0 Å². The Bertz CT molecular complexity index is 821. The molecule has 1 aromatic rings. The molecule has 2 N–H and O–H groups in total. The van der Waals surface area contributed by atoms with Gasteiger partial charge in [-0.15, -0.1) is 8.86 Å². The van der Waals surface area contributed by atoms with Crippen molar-refractivity contribution in [3.05, 3.63) is 47.1 Å². The average molecular weight is 416 g/mol. The molecule has 5 nitrogen and oxygen atoms in total. The zero-order chi connectivity index (χ0) is 20.8. The third kappa shape index (κ3) is 5.49. The predicted octanol–water partition coefficient (Wildman–Crippen LogP) is 5.04. The average Bonchev–Trinajstić information content (AvgIpc) is 2.67. The largest absolute Gasteiger partial charge is 0.507 e. The molecule has 1 saturated heterocycles. The summed E-state index contributed by atoms with van der Waals surface area (Å²) in [4.78, 5) is 13.0. The van der Waals surface area contributed by atoms with E-state index < -0.39 is 5.97 Å². The monoisotopic (exact) mass is 416 g/mol. The van der Waals surface area contributed by atoms with E-state index in [9.17, 15) is 15.0 Å². The van der Waals surface area contributed by atoms with Gasteiger partial charge < -0.3 is 19.7 Å². The van der Waals surface area contributed by atoms with Gasteiger partial charge in [0.25, 0.3) is 0 Å². The summed E-state index contributed by atoms with van der Waals surface area (Å²) in [5, 5.41) is 22.0. The number of benzene rings is 1. The molecule has 29 heavy (non-hydrogen) atoms. The molecular weight excluding hydrogens is 387 g/mol. The lowest BCUT2D eigenvalue weighted by Gasteiger charge is -2.27. The molecule has 3 rings (SSSR count). The SMILES string of the molecule is CC1C/C=C/CC/C=C/C(=P)Cc2c(c(O)cc(O)c2C2CCCCO2)C(=O)O1. The van der Waals surface area contributed by atoms with Crippen LogP contribution in [0.5, 0.6) is 11.5 Å². The van der Waals surface area contributed by atoms with Gasteiger partial charge in [-0.2, -0.15) is 0 Å². The normalized spacial score (nSPS) is 26.1. The minimum absolute atomic E-state index is 0.0542. The standard InChI is InChI=1S/C23H29O5P/c1-15-9-5-3-2-4-6-10-16(29)13-17-21(20-11-7-8-12-27-20)18(24)14-19(25)22(17)23(26)28-15/h3,5-6,10,14-15,20,24-25,29H,2,4,7-9,11-13H2,1H3/b5-3+,10-6+. The first-order chi connectivity index (χ1) is 14.0. The lowest BCUT2D eigenvalue weighted by molar-refractivity contribution is 0.0129. The molecule has 0 spiro atoms. The third-order valence-corrected chi connectivity index (χ3v) is 5.61. The van der Waals surface area contributed by atoms with E-state index in [1.165, 1.54) is 6.07 Å². The number of rotatable bonds is 1. The number of carbonyl (C=O) groups excluding carboxylic acids is 1. The highest BCUT2D eigenvalue weighted by Crippen LogP contribution is 2.41. The summed E-state index contributed by atoms with van der Waals surface area (Å²) in [6.07, 6.45) is 13.0. The quantitative estimate of drug-likeness (QED) is 0.381. The first-order valence-electron chi connectivity index (χ1n) is 10.3. The van der Waals surface area contributed by atoms with E-state index in [1.54, 1.807) is 0 Å². The van der Waals surface area contributed by atoms with Crippen molar-refractivity contribution in [2.24, 2.45) is 0 Å². The Kier molecular flexibility index (Phi) is 7.51. The van der Waals surface area contributed by atoms with Crippen molar-refractivity contribution in [2.75, 3.05) is 6.61 Å². The van der Waals surface area contributed by atoms with E-state index in [4.69, 9.17) is 9.47 Å². The van der Waals surface area contributed by atoms with Crippen molar-refractivity contribution in [1.29, 1.82) is 0 Å². The molecule has 1 fully saturated rings. The fraction of sp³-hybridized carbons (Fsp3) is 0.478. The van der Waals surface area contributed by atoms with Gasteiger partial charge in [0.15, 0.2) is 0 Å². The summed E-state index contributed by atoms with van der Waals surface area (Å²) in [5.41, 5.74) is 1.22. The predicted molar refractivity (Wildman–Crippen MR) is 116 cm³/mol.